The topological polar surface area (TPSA) is 136 Å². The van der Waals surface area contributed by atoms with Crippen molar-refractivity contribution in [1.29, 1.82) is 5.41 Å². The number of nitrogens with zero attached hydrogens (tertiary/aromatic N) is 2. The van der Waals surface area contributed by atoms with Crippen LogP contribution < -0.4 is 20.9 Å². The maximum absolute atomic E-state index is 12.1. The number of amides is 1. The Morgan fingerprint density at radius 2 is 1.62 bits per heavy atom. The number of carbonyl (C=O) groups excluding carboxylic acids is 1. The number of hydrogen-bond acceptors (Lipinski definition) is 4. The lowest BCUT2D eigenvalue weighted by Crippen LogP contribution is -2.22. The molecule has 0 spiro atoms. The lowest BCUT2D eigenvalue weighted by Gasteiger charge is -2.07. The van der Waals surface area contributed by atoms with Gasteiger partial charge >= 0.3 is 0 Å². The van der Waals surface area contributed by atoms with Crippen molar-refractivity contribution in [3.05, 3.63) is 59.7 Å². The zero-order valence-corrected chi connectivity index (χ0v) is 14.4. The summed E-state index contributed by atoms with van der Waals surface area (Å²) in [4.78, 5) is 19.6. The monoisotopic (exact) mass is 353 g/mol. The number of amidine groups is 1. The summed E-state index contributed by atoms with van der Waals surface area (Å²) in [6, 6.07) is 13.4. The normalized spacial score (nSPS) is 11.8. The lowest BCUT2D eigenvalue weighted by atomic mass is 10.1. The Labute approximate surface area is 150 Å². The molecule has 0 atom stereocenters. The Kier molecular flexibility index (Phi) is 6.05. The number of nitrogens with one attached hydrogen (secondary N) is 1. The van der Waals surface area contributed by atoms with E-state index in [-0.39, 0.29) is 17.5 Å². The van der Waals surface area contributed by atoms with Crippen LogP contribution in [0.25, 0.3) is 0 Å². The van der Waals surface area contributed by atoms with Gasteiger partial charge in [-0.25, -0.2) is 0 Å². The van der Waals surface area contributed by atoms with Gasteiger partial charge < -0.3 is 20.9 Å². The second kappa shape index (κ2) is 8.43. The van der Waals surface area contributed by atoms with Gasteiger partial charge in [0.25, 0.3) is 5.91 Å². The van der Waals surface area contributed by atoms with Crippen molar-refractivity contribution in [2.45, 2.75) is 0 Å². The standard InChI is InChI=1S/C18H19N5O3/c1-25-12-9-7-11(8-10-12)15(19)17(24)23-18(21)22-16(20)13-5-3-4-6-14(13)26-2/h3-10,19H,1-2H3,(H4,20,21,22,23,24). The van der Waals surface area contributed by atoms with Crippen LogP contribution in [0.4, 0.5) is 0 Å². The second-order valence-corrected chi connectivity index (χ2v) is 5.08. The molecule has 0 aliphatic rings. The molecule has 0 saturated heterocycles. The minimum atomic E-state index is -0.829. The van der Waals surface area contributed by atoms with Crippen LogP contribution in [-0.2, 0) is 4.79 Å². The Bertz CT molecular complexity index is 873. The van der Waals surface area contributed by atoms with E-state index in [1.165, 1.54) is 14.2 Å². The van der Waals surface area contributed by atoms with Gasteiger partial charge in [0.15, 0.2) is 0 Å². The number of guanidine groups is 1. The minimum absolute atomic E-state index is 0.0486. The Balaban J connectivity index is 2.19. The first kappa shape index (κ1) is 18.7. The molecule has 2 aromatic carbocycles. The highest BCUT2D eigenvalue weighted by molar-refractivity contribution is 6.45. The average molecular weight is 353 g/mol. The molecule has 2 aromatic rings. The summed E-state index contributed by atoms with van der Waals surface area (Å²) in [5.41, 5.74) is 12.2. The average Bonchev–Trinajstić information content (AvgIpc) is 2.67. The molecule has 0 bridgehead atoms. The van der Waals surface area contributed by atoms with Crippen molar-refractivity contribution >= 4 is 23.4 Å². The van der Waals surface area contributed by atoms with Crippen molar-refractivity contribution in [2.24, 2.45) is 21.5 Å². The predicted octanol–water partition coefficient (Wildman–Crippen LogP) is 1.32. The molecule has 134 valence electrons. The summed E-state index contributed by atoms with van der Waals surface area (Å²) >= 11 is 0. The van der Waals surface area contributed by atoms with Gasteiger partial charge in [0.05, 0.1) is 19.8 Å². The molecule has 0 heterocycles. The van der Waals surface area contributed by atoms with Crippen molar-refractivity contribution in [2.75, 3.05) is 14.2 Å². The maximum Gasteiger partial charge on any atom is 0.298 e. The molecular weight excluding hydrogens is 334 g/mol. The molecule has 5 N–H and O–H groups in total. The fourth-order valence-corrected chi connectivity index (χ4v) is 2.11. The van der Waals surface area contributed by atoms with Crippen LogP contribution in [0.15, 0.2) is 58.5 Å². The minimum Gasteiger partial charge on any atom is -0.497 e. The third-order valence-electron chi connectivity index (χ3n) is 3.43. The number of ether oxygens (including phenoxy) is 2. The highest BCUT2D eigenvalue weighted by Gasteiger charge is 2.12. The van der Waals surface area contributed by atoms with Crippen molar-refractivity contribution in [3.8, 4) is 11.5 Å². The van der Waals surface area contributed by atoms with Crippen molar-refractivity contribution in [3.63, 3.8) is 0 Å². The number of benzene rings is 2. The predicted molar refractivity (Wildman–Crippen MR) is 100 cm³/mol. The first-order chi connectivity index (χ1) is 12.5. The summed E-state index contributed by atoms with van der Waals surface area (Å²) in [6.07, 6.45) is 0. The summed E-state index contributed by atoms with van der Waals surface area (Å²) in [5.74, 6) is -0.00145. The molecule has 0 aliphatic carbocycles. The van der Waals surface area contributed by atoms with Gasteiger partial charge in [0.2, 0.25) is 5.96 Å². The Morgan fingerprint density at radius 1 is 0.962 bits per heavy atom. The number of hydrogen-bond donors (Lipinski definition) is 3. The molecule has 0 unspecified atom stereocenters. The van der Waals surface area contributed by atoms with E-state index in [1.54, 1.807) is 48.5 Å². The summed E-state index contributed by atoms with van der Waals surface area (Å²) in [7, 11) is 3.03. The lowest BCUT2D eigenvalue weighted by molar-refractivity contribution is -0.111. The van der Waals surface area contributed by atoms with Crippen molar-refractivity contribution in [1.82, 2.24) is 0 Å². The van der Waals surface area contributed by atoms with E-state index in [0.717, 1.165) is 0 Å². The number of rotatable bonds is 5. The molecule has 2 rings (SSSR count). The fourth-order valence-electron chi connectivity index (χ4n) is 2.11. The van der Waals surface area contributed by atoms with E-state index in [0.29, 0.717) is 22.6 Å². The van der Waals surface area contributed by atoms with Crippen LogP contribution in [0.3, 0.4) is 0 Å². The molecule has 8 nitrogen and oxygen atoms in total. The molecule has 0 aromatic heterocycles. The third-order valence-corrected chi connectivity index (χ3v) is 3.43. The molecule has 0 aliphatic heterocycles. The first-order valence-electron chi connectivity index (χ1n) is 7.55. The van der Waals surface area contributed by atoms with E-state index in [1.807, 2.05) is 0 Å². The van der Waals surface area contributed by atoms with Crippen LogP contribution in [0.5, 0.6) is 11.5 Å². The van der Waals surface area contributed by atoms with Gasteiger partial charge in [-0.2, -0.15) is 9.98 Å². The fraction of sp³-hybridized carbons (Fsp3) is 0.111. The zero-order valence-electron chi connectivity index (χ0n) is 14.4. The third kappa shape index (κ3) is 4.44. The number of para-hydroxylation sites is 1. The number of carbonyl (C=O) groups is 1. The number of methoxy groups -OCH3 is 2. The van der Waals surface area contributed by atoms with Gasteiger partial charge in [-0.15, -0.1) is 0 Å². The molecular formula is C18H19N5O3. The van der Waals surface area contributed by atoms with Crippen LogP contribution in [-0.4, -0.2) is 37.6 Å². The van der Waals surface area contributed by atoms with Gasteiger partial charge in [0, 0.05) is 5.56 Å². The van der Waals surface area contributed by atoms with E-state index in [4.69, 9.17) is 26.4 Å². The van der Waals surface area contributed by atoms with Gasteiger partial charge in [-0.05, 0) is 36.4 Å². The van der Waals surface area contributed by atoms with Crippen LogP contribution >= 0.6 is 0 Å². The molecule has 0 radical (unpaired) electrons. The highest BCUT2D eigenvalue weighted by Crippen LogP contribution is 2.16. The van der Waals surface area contributed by atoms with Crippen molar-refractivity contribution < 1.29 is 14.3 Å². The maximum atomic E-state index is 12.1. The molecule has 8 heteroatoms. The van der Waals surface area contributed by atoms with E-state index in [2.05, 4.69) is 9.98 Å². The largest absolute Gasteiger partial charge is 0.497 e. The van der Waals surface area contributed by atoms with E-state index >= 15 is 0 Å². The number of nitrogens with two attached hydrogens (primary N) is 2. The zero-order chi connectivity index (χ0) is 19.1. The molecule has 0 saturated carbocycles. The van der Waals surface area contributed by atoms with Crippen LogP contribution in [0.2, 0.25) is 0 Å². The highest BCUT2D eigenvalue weighted by atomic mass is 16.5. The summed E-state index contributed by atoms with van der Waals surface area (Å²) < 4.78 is 10.2. The summed E-state index contributed by atoms with van der Waals surface area (Å²) in [5, 5.41) is 7.91. The quantitative estimate of drug-likeness (QED) is 0.550. The van der Waals surface area contributed by atoms with Gasteiger partial charge in [-0.3, -0.25) is 10.2 Å². The smallest absolute Gasteiger partial charge is 0.298 e. The second-order valence-electron chi connectivity index (χ2n) is 5.08. The Morgan fingerprint density at radius 3 is 2.23 bits per heavy atom. The molecule has 26 heavy (non-hydrogen) atoms. The van der Waals surface area contributed by atoms with E-state index < -0.39 is 5.91 Å². The number of aliphatic imine (C=N–C) groups is 2. The van der Waals surface area contributed by atoms with Crippen LogP contribution in [0, 0.1) is 5.41 Å². The SMILES string of the molecule is COc1ccc(C(=N)C(=O)N=C(N)/N=C(\N)c2ccccc2OC)cc1. The van der Waals surface area contributed by atoms with Crippen LogP contribution in [0.1, 0.15) is 11.1 Å². The first-order valence-corrected chi connectivity index (χ1v) is 7.55. The van der Waals surface area contributed by atoms with Gasteiger partial charge in [0.1, 0.15) is 23.0 Å². The molecule has 1 amide bonds. The van der Waals surface area contributed by atoms with E-state index in [9.17, 15) is 4.79 Å². The Hall–Kier alpha value is -3.68. The molecule has 0 fully saturated rings. The van der Waals surface area contributed by atoms with Gasteiger partial charge in [-0.1, -0.05) is 12.1 Å². The summed E-state index contributed by atoms with van der Waals surface area (Å²) in [6.45, 7) is 0.